The summed E-state index contributed by atoms with van der Waals surface area (Å²) in [5.41, 5.74) is 1.07. The van der Waals surface area contributed by atoms with Crippen molar-refractivity contribution in [3.8, 4) is 0 Å². The van der Waals surface area contributed by atoms with Gasteiger partial charge in [-0.25, -0.2) is 0 Å². The van der Waals surface area contributed by atoms with Crippen LogP contribution in [0.25, 0.3) is 0 Å². The summed E-state index contributed by atoms with van der Waals surface area (Å²) in [7, 11) is 1.91. The van der Waals surface area contributed by atoms with Gasteiger partial charge in [0.15, 0.2) is 0 Å². The molecule has 0 fully saturated rings. The summed E-state index contributed by atoms with van der Waals surface area (Å²) in [4.78, 5) is 0. The molecule has 0 aliphatic carbocycles. The number of aromatic nitrogens is 2. The molecule has 1 heterocycles. The van der Waals surface area contributed by atoms with Crippen molar-refractivity contribution in [1.29, 1.82) is 0 Å². The van der Waals surface area contributed by atoms with Gasteiger partial charge in [0, 0.05) is 13.2 Å². The Morgan fingerprint density at radius 2 is 2.25 bits per heavy atom. The van der Waals surface area contributed by atoms with Gasteiger partial charge in [0.1, 0.15) is 0 Å². The van der Waals surface area contributed by atoms with Crippen LogP contribution in [0.3, 0.4) is 0 Å². The first-order valence-electron chi connectivity index (χ1n) is 2.25. The highest BCUT2D eigenvalue weighted by molar-refractivity contribution is 8.93. The maximum atomic E-state index is 4.03. The van der Waals surface area contributed by atoms with E-state index in [1.807, 2.05) is 26.2 Å². The molecule has 0 spiro atoms. The number of nitrogens with zero attached hydrogens (tertiary/aromatic N) is 2. The second-order valence-corrected chi connectivity index (χ2v) is 1.63. The summed E-state index contributed by atoms with van der Waals surface area (Å²) >= 11 is 0. The number of rotatable bonds is 0. The lowest BCUT2D eigenvalue weighted by Crippen LogP contribution is -1.86. The summed E-state index contributed by atoms with van der Waals surface area (Å²) in [6.07, 6.45) is 1.93. The molecule has 1 rings (SSSR count). The summed E-state index contributed by atoms with van der Waals surface area (Å²) in [6.45, 7) is 1.97. The van der Waals surface area contributed by atoms with Gasteiger partial charge in [-0.15, -0.1) is 17.0 Å². The molecule has 0 amide bonds. The van der Waals surface area contributed by atoms with Crippen LogP contribution in [0.1, 0.15) is 5.69 Å². The minimum atomic E-state index is 0. The zero-order valence-corrected chi connectivity index (χ0v) is 6.67. The maximum absolute atomic E-state index is 4.03. The van der Waals surface area contributed by atoms with Crippen LogP contribution >= 0.6 is 17.0 Å². The summed E-state index contributed by atoms with van der Waals surface area (Å²) < 4.78 is 1.79. The standard InChI is InChI=1S/C5H8N2.BrH/c1-5-3-4-7(2)6-5;/h3-4H,1-2H3;1H. The van der Waals surface area contributed by atoms with Crippen LogP contribution < -0.4 is 0 Å². The number of halogens is 1. The monoisotopic (exact) mass is 176 g/mol. The Hall–Kier alpha value is -0.310. The SMILES string of the molecule is Br.Cc1ccn(C)n1. The fourth-order valence-corrected chi connectivity index (χ4v) is 0.531. The molecule has 0 aliphatic rings. The highest BCUT2D eigenvalue weighted by atomic mass is 79.9. The smallest absolute Gasteiger partial charge is 0.0593 e. The van der Waals surface area contributed by atoms with E-state index in [0.29, 0.717) is 0 Å². The van der Waals surface area contributed by atoms with Gasteiger partial charge in [0.2, 0.25) is 0 Å². The quantitative estimate of drug-likeness (QED) is 0.584. The normalized spacial score (nSPS) is 8.25. The van der Waals surface area contributed by atoms with Gasteiger partial charge in [-0.05, 0) is 13.0 Å². The molecule has 0 unspecified atom stereocenters. The Balaban J connectivity index is 0.000000490. The van der Waals surface area contributed by atoms with E-state index in [4.69, 9.17) is 0 Å². The molecule has 0 N–H and O–H groups in total. The average Bonchev–Trinajstić information content (AvgIpc) is 1.87. The molecule has 46 valence electrons. The summed E-state index contributed by atoms with van der Waals surface area (Å²) in [6, 6.07) is 1.97. The Morgan fingerprint density at radius 3 is 2.38 bits per heavy atom. The average molecular weight is 177 g/mol. The van der Waals surface area contributed by atoms with E-state index < -0.39 is 0 Å². The predicted octanol–water partition coefficient (Wildman–Crippen LogP) is 1.31. The zero-order valence-electron chi connectivity index (χ0n) is 4.96. The number of hydrogen-bond donors (Lipinski definition) is 0. The number of hydrogen-bond acceptors (Lipinski definition) is 1. The number of aryl methyl sites for hydroxylation is 2. The molecule has 0 saturated heterocycles. The van der Waals surface area contributed by atoms with Gasteiger partial charge < -0.3 is 0 Å². The first-order chi connectivity index (χ1) is 3.29. The van der Waals surface area contributed by atoms with Crippen LogP contribution in [0.5, 0.6) is 0 Å². The van der Waals surface area contributed by atoms with Gasteiger partial charge >= 0.3 is 0 Å². The van der Waals surface area contributed by atoms with Gasteiger partial charge in [-0.2, -0.15) is 5.10 Å². The van der Waals surface area contributed by atoms with Crippen molar-refractivity contribution in [3.05, 3.63) is 18.0 Å². The van der Waals surface area contributed by atoms with Crippen molar-refractivity contribution in [2.24, 2.45) is 7.05 Å². The van der Waals surface area contributed by atoms with Crippen LogP contribution in [0, 0.1) is 6.92 Å². The van der Waals surface area contributed by atoms with E-state index in [-0.39, 0.29) is 17.0 Å². The summed E-state index contributed by atoms with van der Waals surface area (Å²) in [5.74, 6) is 0. The minimum absolute atomic E-state index is 0. The van der Waals surface area contributed by atoms with Gasteiger partial charge in [0.25, 0.3) is 0 Å². The second kappa shape index (κ2) is 2.87. The molecule has 1 aromatic rings. The lowest BCUT2D eigenvalue weighted by atomic mass is 10.5. The second-order valence-electron chi connectivity index (χ2n) is 1.63. The Morgan fingerprint density at radius 1 is 1.62 bits per heavy atom. The van der Waals surface area contributed by atoms with E-state index in [2.05, 4.69) is 5.10 Å². The van der Waals surface area contributed by atoms with E-state index in [1.165, 1.54) is 0 Å². The molecule has 1 aromatic heterocycles. The van der Waals surface area contributed by atoms with Crippen LogP contribution in [0.15, 0.2) is 12.3 Å². The summed E-state index contributed by atoms with van der Waals surface area (Å²) in [5, 5.41) is 4.03. The highest BCUT2D eigenvalue weighted by Crippen LogP contribution is 1.86. The predicted molar refractivity (Wildman–Crippen MR) is 38.3 cm³/mol. The van der Waals surface area contributed by atoms with Gasteiger partial charge in [-0.1, -0.05) is 0 Å². The molecule has 0 radical (unpaired) electrons. The van der Waals surface area contributed by atoms with Crippen molar-refractivity contribution >= 4 is 17.0 Å². The largest absolute Gasteiger partial charge is 0.276 e. The van der Waals surface area contributed by atoms with E-state index in [9.17, 15) is 0 Å². The third-order valence-electron chi connectivity index (χ3n) is 0.847. The Labute approximate surface area is 59.3 Å². The lowest BCUT2D eigenvalue weighted by molar-refractivity contribution is 0.756. The minimum Gasteiger partial charge on any atom is -0.276 e. The molecular weight excluding hydrogens is 168 g/mol. The molecule has 0 aliphatic heterocycles. The van der Waals surface area contributed by atoms with Crippen LogP contribution in [0.4, 0.5) is 0 Å². The molecule has 3 heteroatoms. The van der Waals surface area contributed by atoms with Crippen molar-refractivity contribution in [2.45, 2.75) is 6.92 Å². The van der Waals surface area contributed by atoms with Crippen LogP contribution in [-0.2, 0) is 7.05 Å². The third-order valence-corrected chi connectivity index (χ3v) is 0.847. The molecular formula is C5H9BrN2. The van der Waals surface area contributed by atoms with Crippen LogP contribution in [-0.4, -0.2) is 9.78 Å². The fraction of sp³-hybridized carbons (Fsp3) is 0.400. The van der Waals surface area contributed by atoms with Gasteiger partial charge in [-0.3, -0.25) is 4.68 Å². The van der Waals surface area contributed by atoms with Gasteiger partial charge in [0.05, 0.1) is 5.69 Å². The first-order valence-corrected chi connectivity index (χ1v) is 2.25. The van der Waals surface area contributed by atoms with E-state index in [1.54, 1.807) is 4.68 Å². The van der Waals surface area contributed by atoms with E-state index in [0.717, 1.165) is 5.69 Å². The Kier molecular flexibility index (Phi) is 2.76. The van der Waals surface area contributed by atoms with Crippen molar-refractivity contribution in [3.63, 3.8) is 0 Å². The van der Waals surface area contributed by atoms with Crippen molar-refractivity contribution < 1.29 is 0 Å². The third kappa shape index (κ3) is 1.66. The van der Waals surface area contributed by atoms with Crippen molar-refractivity contribution in [1.82, 2.24) is 9.78 Å². The molecule has 0 aromatic carbocycles. The molecule has 0 bridgehead atoms. The zero-order chi connectivity index (χ0) is 5.28. The molecule has 2 nitrogen and oxygen atoms in total. The molecule has 0 saturated carbocycles. The highest BCUT2D eigenvalue weighted by Gasteiger charge is 1.81. The maximum Gasteiger partial charge on any atom is 0.0593 e. The van der Waals surface area contributed by atoms with E-state index >= 15 is 0 Å². The fourth-order valence-electron chi connectivity index (χ4n) is 0.531. The lowest BCUT2D eigenvalue weighted by Gasteiger charge is -1.79. The first kappa shape index (κ1) is 7.69. The molecule has 8 heavy (non-hydrogen) atoms. The van der Waals surface area contributed by atoms with Crippen molar-refractivity contribution in [2.75, 3.05) is 0 Å². The Bertz CT molecular complexity index is 143. The van der Waals surface area contributed by atoms with Crippen LogP contribution in [0.2, 0.25) is 0 Å². The molecule has 0 atom stereocenters. The topological polar surface area (TPSA) is 17.8 Å².